The molecule has 1 fully saturated rings. The number of nitrogens with zero attached hydrogens (tertiary/aromatic N) is 1. The third-order valence-electron chi connectivity index (χ3n) is 6.17. The van der Waals surface area contributed by atoms with Gasteiger partial charge in [-0.15, -0.1) is 11.3 Å². The van der Waals surface area contributed by atoms with Gasteiger partial charge in [-0.05, 0) is 61.9 Å². The number of carbonyl (C=O) groups excluding carboxylic acids is 2. The summed E-state index contributed by atoms with van der Waals surface area (Å²) in [6, 6.07) is 5.97. The lowest BCUT2D eigenvalue weighted by atomic mass is 10.1. The maximum atomic E-state index is 12.9. The Bertz CT molecular complexity index is 1100. The Morgan fingerprint density at radius 2 is 1.77 bits per heavy atom. The maximum Gasteiger partial charge on any atom is 0.341 e. The average Bonchev–Trinajstić information content (AvgIpc) is 3.50. The van der Waals surface area contributed by atoms with Crippen molar-refractivity contribution >= 4 is 38.2 Å². The molecule has 0 atom stereocenters. The summed E-state index contributed by atoms with van der Waals surface area (Å²) >= 11 is 1.41. The fourth-order valence-corrected chi connectivity index (χ4v) is 7.08. The Morgan fingerprint density at radius 3 is 2.42 bits per heavy atom. The van der Waals surface area contributed by atoms with Crippen LogP contribution in [0.3, 0.4) is 0 Å². The van der Waals surface area contributed by atoms with Crippen molar-refractivity contribution in [2.75, 3.05) is 19.5 Å². The van der Waals surface area contributed by atoms with E-state index in [9.17, 15) is 18.0 Å². The average molecular weight is 463 g/mol. The zero-order valence-electron chi connectivity index (χ0n) is 17.6. The molecule has 0 saturated heterocycles. The molecule has 9 heteroatoms. The van der Waals surface area contributed by atoms with E-state index in [1.54, 1.807) is 7.05 Å². The van der Waals surface area contributed by atoms with E-state index in [0.29, 0.717) is 16.1 Å². The number of ether oxygens (including phenoxy) is 1. The zero-order chi connectivity index (χ0) is 22.2. The van der Waals surface area contributed by atoms with Gasteiger partial charge in [0.05, 0.1) is 17.6 Å². The van der Waals surface area contributed by atoms with Crippen molar-refractivity contribution in [1.82, 2.24) is 4.31 Å². The number of aryl methyl sites for hydroxylation is 1. The summed E-state index contributed by atoms with van der Waals surface area (Å²) in [5, 5.41) is 3.30. The first kappa shape index (κ1) is 22.0. The first-order chi connectivity index (χ1) is 14.8. The molecule has 1 saturated carbocycles. The standard InChI is InChI=1S/C22H26N2O5S2/c1-24(15-6-3-4-7-15)31(27,28)16-12-10-14(11-13-16)20(25)23-21-19(22(26)29-2)17-8-5-9-18(17)30-21/h10-13,15H,3-9H2,1-2H3,(H,23,25). The van der Waals surface area contributed by atoms with E-state index in [0.717, 1.165) is 55.4 Å². The number of fused-ring (bicyclic) bond motifs is 1. The van der Waals surface area contributed by atoms with Gasteiger partial charge >= 0.3 is 5.97 Å². The molecule has 2 aromatic rings. The molecule has 1 aromatic heterocycles. The summed E-state index contributed by atoms with van der Waals surface area (Å²) in [7, 11) is -0.651. The molecule has 31 heavy (non-hydrogen) atoms. The molecule has 0 radical (unpaired) electrons. The highest BCUT2D eigenvalue weighted by Crippen LogP contribution is 2.39. The topological polar surface area (TPSA) is 92.8 Å². The number of hydrogen-bond acceptors (Lipinski definition) is 6. The van der Waals surface area contributed by atoms with Crippen LogP contribution in [-0.4, -0.2) is 44.8 Å². The fourth-order valence-electron chi connectivity index (χ4n) is 4.39. The van der Waals surface area contributed by atoms with E-state index in [4.69, 9.17) is 4.74 Å². The third-order valence-corrected chi connectivity index (χ3v) is 9.30. The number of sulfonamides is 1. The van der Waals surface area contributed by atoms with E-state index >= 15 is 0 Å². The predicted molar refractivity (Wildman–Crippen MR) is 119 cm³/mol. The van der Waals surface area contributed by atoms with Crippen LogP contribution in [0.4, 0.5) is 5.00 Å². The molecular weight excluding hydrogens is 436 g/mol. The van der Waals surface area contributed by atoms with Gasteiger partial charge in [-0.2, -0.15) is 4.31 Å². The summed E-state index contributed by atoms with van der Waals surface area (Å²) in [4.78, 5) is 26.3. The Balaban J connectivity index is 1.53. The molecule has 0 spiro atoms. The van der Waals surface area contributed by atoms with Gasteiger partial charge < -0.3 is 10.1 Å². The zero-order valence-corrected chi connectivity index (χ0v) is 19.3. The number of methoxy groups -OCH3 is 1. The second kappa shape index (κ2) is 8.72. The quantitative estimate of drug-likeness (QED) is 0.659. The van der Waals surface area contributed by atoms with Crippen LogP contribution in [0.1, 0.15) is 63.3 Å². The van der Waals surface area contributed by atoms with E-state index in [1.165, 1.54) is 47.0 Å². The van der Waals surface area contributed by atoms with Gasteiger partial charge in [0.15, 0.2) is 0 Å². The molecule has 1 amide bonds. The van der Waals surface area contributed by atoms with Crippen LogP contribution in [0.15, 0.2) is 29.2 Å². The van der Waals surface area contributed by atoms with Crippen molar-refractivity contribution in [3.05, 3.63) is 45.8 Å². The summed E-state index contributed by atoms with van der Waals surface area (Å²) in [5.41, 5.74) is 1.72. The Hall–Kier alpha value is -2.23. The van der Waals surface area contributed by atoms with Crippen molar-refractivity contribution < 1.29 is 22.7 Å². The largest absolute Gasteiger partial charge is 0.465 e. The van der Waals surface area contributed by atoms with E-state index in [2.05, 4.69) is 5.32 Å². The maximum absolute atomic E-state index is 12.9. The first-order valence-corrected chi connectivity index (χ1v) is 12.7. The van der Waals surface area contributed by atoms with Crippen molar-refractivity contribution in [3.63, 3.8) is 0 Å². The first-order valence-electron chi connectivity index (χ1n) is 10.4. The van der Waals surface area contributed by atoms with Gasteiger partial charge in [-0.25, -0.2) is 13.2 Å². The minimum Gasteiger partial charge on any atom is -0.465 e. The highest BCUT2D eigenvalue weighted by Gasteiger charge is 2.31. The van der Waals surface area contributed by atoms with E-state index in [1.807, 2.05) is 0 Å². The number of anilines is 1. The molecule has 1 N–H and O–H groups in total. The van der Waals surface area contributed by atoms with Gasteiger partial charge in [0.25, 0.3) is 5.91 Å². The number of rotatable bonds is 6. The van der Waals surface area contributed by atoms with Gasteiger partial charge in [-0.3, -0.25) is 4.79 Å². The van der Waals surface area contributed by atoms with E-state index in [-0.39, 0.29) is 10.9 Å². The van der Waals surface area contributed by atoms with Crippen LogP contribution >= 0.6 is 11.3 Å². The van der Waals surface area contributed by atoms with Gasteiger partial charge in [-0.1, -0.05) is 12.8 Å². The summed E-state index contributed by atoms with van der Waals surface area (Å²) < 4.78 is 32.2. The molecule has 7 nitrogen and oxygen atoms in total. The normalized spacial score (nSPS) is 16.5. The molecule has 0 aliphatic heterocycles. The summed E-state index contributed by atoms with van der Waals surface area (Å²) in [5.74, 6) is -0.843. The van der Waals surface area contributed by atoms with Crippen LogP contribution < -0.4 is 5.32 Å². The smallest absolute Gasteiger partial charge is 0.341 e. The van der Waals surface area contributed by atoms with Crippen molar-refractivity contribution in [3.8, 4) is 0 Å². The summed E-state index contributed by atoms with van der Waals surface area (Å²) in [6.45, 7) is 0. The van der Waals surface area contributed by atoms with Crippen molar-refractivity contribution in [2.45, 2.75) is 55.9 Å². The van der Waals surface area contributed by atoms with Gasteiger partial charge in [0.2, 0.25) is 10.0 Å². The second-order valence-electron chi connectivity index (χ2n) is 7.99. The Morgan fingerprint density at radius 1 is 1.10 bits per heavy atom. The number of thiophene rings is 1. The van der Waals surface area contributed by atoms with Gasteiger partial charge in [0.1, 0.15) is 5.00 Å². The molecule has 1 aromatic carbocycles. The molecule has 4 rings (SSSR count). The number of carbonyl (C=O) groups is 2. The summed E-state index contributed by atoms with van der Waals surface area (Å²) in [6.07, 6.45) is 6.53. The van der Waals surface area contributed by atoms with E-state index < -0.39 is 21.9 Å². The van der Waals surface area contributed by atoms with Crippen LogP contribution in [0.5, 0.6) is 0 Å². The molecule has 2 aliphatic carbocycles. The number of nitrogens with one attached hydrogen (secondary N) is 1. The predicted octanol–water partition coefficient (Wildman–Crippen LogP) is 3.84. The molecule has 0 unspecified atom stereocenters. The fraction of sp³-hybridized carbons (Fsp3) is 0.455. The van der Waals surface area contributed by atoms with Crippen molar-refractivity contribution in [2.24, 2.45) is 0 Å². The van der Waals surface area contributed by atoms with Crippen LogP contribution in [0.2, 0.25) is 0 Å². The minimum absolute atomic E-state index is 0.0329. The molecule has 0 bridgehead atoms. The van der Waals surface area contributed by atoms with Gasteiger partial charge in [0, 0.05) is 23.5 Å². The van der Waals surface area contributed by atoms with Crippen LogP contribution in [-0.2, 0) is 27.6 Å². The van der Waals surface area contributed by atoms with Crippen LogP contribution in [0, 0.1) is 0 Å². The Kier molecular flexibility index (Phi) is 6.18. The monoisotopic (exact) mass is 462 g/mol. The number of esters is 1. The lowest BCUT2D eigenvalue weighted by Gasteiger charge is -2.23. The van der Waals surface area contributed by atoms with Crippen molar-refractivity contribution in [1.29, 1.82) is 0 Å². The highest BCUT2D eigenvalue weighted by molar-refractivity contribution is 7.89. The Labute approximate surface area is 186 Å². The second-order valence-corrected chi connectivity index (χ2v) is 11.1. The molecular formula is C22H26N2O5S2. The van der Waals surface area contributed by atoms with Crippen LogP contribution in [0.25, 0.3) is 0 Å². The lowest BCUT2D eigenvalue weighted by molar-refractivity contribution is 0.0601. The molecule has 166 valence electrons. The minimum atomic E-state index is -3.60. The molecule has 1 heterocycles. The lowest BCUT2D eigenvalue weighted by Crippen LogP contribution is -2.35. The SMILES string of the molecule is COC(=O)c1c(NC(=O)c2ccc(S(=O)(=O)N(C)C3CCCC3)cc2)sc2c1CCC2. The highest BCUT2D eigenvalue weighted by atomic mass is 32.2. The number of hydrogen-bond donors (Lipinski definition) is 1. The number of benzene rings is 1. The number of amides is 1. The molecule has 2 aliphatic rings. The third kappa shape index (κ3) is 4.14.